The first-order valence-corrected chi connectivity index (χ1v) is 9.56. The number of hydrogen-bond acceptors (Lipinski definition) is 5. The molecule has 3 rings (SSSR count). The second-order valence-electron chi connectivity index (χ2n) is 7.02. The summed E-state index contributed by atoms with van der Waals surface area (Å²) in [4.78, 5) is 15.1. The second-order valence-corrected chi connectivity index (χ2v) is 7.02. The summed E-state index contributed by atoms with van der Waals surface area (Å²) in [6.45, 7) is 4.54. The van der Waals surface area contributed by atoms with Crippen molar-refractivity contribution in [1.29, 1.82) is 0 Å². The first kappa shape index (κ1) is 20.1. The molecule has 0 saturated carbocycles. The zero-order valence-electron chi connectivity index (χ0n) is 16.3. The van der Waals surface area contributed by atoms with Gasteiger partial charge >= 0.3 is 0 Å². The number of aromatic hydroxyl groups is 1. The fraction of sp³-hybridized carbons (Fsp3) is 0.409. The van der Waals surface area contributed by atoms with Gasteiger partial charge in [0.1, 0.15) is 0 Å². The second kappa shape index (κ2) is 9.06. The topological polar surface area (TPSA) is 59.0 Å². The van der Waals surface area contributed by atoms with Gasteiger partial charge in [-0.1, -0.05) is 6.07 Å². The number of rotatable bonds is 7. The number of phenols is 1. The lowest BCUT2D eigenvalue weighted by molar-refractivity contribution is 0.0811. The van der Waals surface area contributed by atoms with Crippen LogP contribution in [0.15, 0.2) is 36.4 Å². The molecule has 1 saturated heterocycles. The molecule has 6 heteroatoms. The van der Waals surface area contributed by atoms with Crippen LogP contribution in [0.1, 0.15) is 35.7 Å². The third-order valence-electron chi connectivity index (χ3n) is 5.04. The summed E-state index contributed by atoms with van der Waals surface area (Å²) in [6, 6.07) is 9.71. The van der Waals surface area contributed by atoms with E-state index >= 15 is 0 Å². The maximum Gasteiger partial charge on any atom is 0.167 e. The molecule has 28 heavy (non-hydrogen) atoms. The quantitative estimate of drug-likeness (QED) is 0.727. The molecule has 0 amide bonds. The van der Waals surface area contributed by atoms with Crippen LogP contribution in [0.2, 0.25) is 0 Å². The molecule has 1 aliphatic heterocycles. The van der Waals surface area contributed by atoms with Gasteiger partial charge in [-0.2, -0.15) is 0 Å². The molecular weight excluding hydrogens is 361 g/mol. The van der Waals surface area contributed by atoms with E-state index in [1.165, 1.54) is 19.2 Å². The zero-order valence-corrected chi connectivity index (χ0v) is 16.3. The van der Waals surface area contributed by atoms with Crippen LogP contribution < -0.4 is 9.47 Å². The summed E-state index contributed by atoms with van der Waals surface area (Å²) in [5.41, 5.74) is 1.40. The van der Waals surface area contributed by atoms with Gasteiger partial charge in [0.25, 0.3) is 0 Å². The lowest BCUT2D eigenvalue weighted by Crippen LogP contribution is -2.38. The van der Waals surface area contributed by atoms with Crippen molar-refractivity contribution in [1.82, 2.24) is 4.90 Å². The smallest absolute Gasteiger partial charge is 0.167 e. The van der Waals surface area contributed by atoms with Gasteiger partial charge in [0.15, 0.2) is 28.8 Å². The number of phenolic OH excluding ortho intramolecular Hbond substituents is 1. The van der Waals surface area contributed by atoms with Gasteiger partial charge in [-0.05, 0) is 62.2 Å². The average Bonchev–Trinajstić information content (AvgIpc) is 2.70. The Morgan fingerprint density at radius 2 is 2.07 bits per heavy atom. The Bertz CT molecular complexity index is 839. The first-order valence-electron chi connectivity index (χ1n) is 9.56. The monoisotopic (exact) mass is 387 g/mol. The van der Waals surface area contributed by atoms with Crippen molar-refractivity contribution in [3.63, 3.8) is 0 Å². The number of ketones is 1. The van der Waals surface area contributed by atoms with Crippen LogP contribution in [0.25, 0.3) is 0 Å². The molecular formula is C22H26FNO4. The SMILES string of the molecule is CCOc1cc(CN2CCC[C@H](C(=O)c3ccc(OC)c(F)c3)C2)ccc1O. The van der Waals surface area contributed by atoms with Crippen LogP contribution in [-0.4, -0.2) is 42.6 Å². The van der Waals surface area contributed by atoms with Gasteiger partial charge in [0.05, 0.1) is 13.7 Å². The fourth-order valence-corrected chi connectivity index (χ4v) is 3.65. The van der Waals surface area contributed by atoms with E-state index < -0.39 is 5.82 Å². The molecule has 1 atom stereocenters. The molecule has 0 aromatic heterocycles. The molecule has 0 aliphatic carbocycles. The summed E-state index contributed by atoms with van der Waals surface area (Å²) in [6.07, 6.45) is 1.70. The predicted octanol–water partition coefficient (Wildman–Crippen LogP) is 4.03. The zero-order chi connectivity index (χ0) is 20.1. The largest absolute Gasteiger partial charge is 0.504 e. The molecule has 150 valence electrons. The fourth-order valence-electron chi connectivity index (χ4n) is 3.65. The number of methoxy groups -OCH3 is 1. The van der Waals surface area contributed by atoms with Gasteiger partial charge in [0, 0.05) is 24.6 Å². The lowest BCUT2D eigenvalue weighted by atomic mass is 9.89. The summed E-state index contributed by atoms with van der Waals surface area (Å²) in [5, 5.41) is 9.85. The molecule has 2 aromatic rings. The van der Waals surface area contributed by atoms with Crippen LogP contribution >= 0.6 is 0 Å². The van der Waals surface area contributed by atoms with Crippen LogP contribution in [0.4, 0.5) is 4.39 Å². The molecule has 0 spiro atoms. The number of nitrogens with zero attached hydrogens (tertiary/aromatic N) is 1. The van der Waals surface area contributed by atoms with E-state index in [1.54, 1.807) is 12.1 Å². The van der Waals surface area contributed by atoms with Gasteiger partial charge in [-0.25, -0.2) is 4.39 Å². The predicted molar refractivity (Wildman–Crippen MR) is 105 cm³/mol. The van der Waals surface area contributed by atoms with Crippen molar-refractivity contribution >= 4 is 5.78 Å². The third kappa shape index (κ3) is 4.62. The number of ether oxygens (including phenoxy) is 2. The van der Waals surface area contributed by atoms with Gasteiger partial charge in [0.2, 0.25) is 0 Å². The minimum atomic E-state index is -0.520. The molecule has 0 unspecified atom stereocenters. The summed E-state index contributed by atoms with van der Waals surface area (Å²) in [7, 11) is 1.40. The molecule has 0 bridgehead atoms. The number of halogens is 1. The van der Waals surface area contributed by atoms with Crippen molar-refractivity contribution in [2.75, 3.05) is 26.8 Å². The van der Waals surface area contributed by atoms with E-state index in [1.807, 2.05) is 19.1 Å². The van der Waals surface area contributed by atoms with E-state index in [4.69, 9.17) is 9.47 Å². The van der Waals surface area contributed by atoms with Crippen LogP contribution in [-0.2, 0) is 6.54 Å². The maximum atomic E-state index is 14.0. The summed E-state index contributed by atoms with van der Waals surface area (Å²) in [5.74, 6) is 0.0157. The van der Waals surface area contributed by atoms with E-state index in [-0.39, 0.29) is 23.2 Å². The number of likely N-dealkylation sites (tertiary alicyclic amines) is 1. The number of carbonyl (C=O) groups is 1. The number of carbonyl (C=O) groups excluding carboxylic acids is 1. The highest BCUT2D eigenvalue weighted by Crippen LogP contribution is 2.29. The Morgan fingerprint density at radius 3 is 2.79 bits per heavy atom. The van der Waals surface area contributed by atoms with Crippen LogP contribution in [0.5, 0.6) is 17.2 Å². The Balaban J connectivity index is 1.67. The van der Waals surface area contributed by atoms with Gasteiger partial charge in [-0.15, -0.1) is 0 Å². The summed E-state index contributed by atoms with van der Waals surface area (Å²) < 4.78 is 24.3. The third-order valence-corrected chi connectivity index (χ3v) is 5.04. The van der Waals surface area contributed by atoms with Gasteiger partial charge < -0.3 is 14.6 Å². The molecule has 2 aromatic carbocycles. The molecule has 1 aliphatic rings. The van der Waals surface area contributed by atoms with E-state index in [2.05, 4.69) is 4.90 Å². The Morgan fingerprint density at radius 1 is 1.25 bits per heavy atom. The Kier molecular flexibility index (Phi) is 6.52. The highest BCUT2D eigenvalue weighted by atomic mass is 19.1. The molecule has 1 fully saturated rings. The van der Waals surface area contributed by atoms with Crippen molar-refractivity contribution in [2.45, 2.75) is 26.3 Å². The van der Waals surface area contributed by atoms with E-state index in [0.717, 1.165) is 24.9 Å². The molecule has 0 radical (unpaired) electrons. The summed E-state index contributed by atoms with van der Waals surface area (Å²) >= 11 is 0. The Hall–Kier alpha value is -2.60. The number of Topliss-reactive ketones (excluding diaryl/α,β-unsaturated/α-hetero) is 1. The normalized spacial score (nSPS) is 17.3. The van der Waals surface area contributed by atoms with Crippen molar-refractivity contribution in [2.24, 2.45) is 5.92 Å². The number of hydrogen-bond donors (Lipinski definition) is 1. The van der Waals surface area contributed by atoms with E-state index in [0.29, 0.717) is 31.0 Å². The number of benzene rings is 2. The average molecular weight is 387 g/mol. The Labute approximate surface area is 164 Å². The maximum absolute atomic E-state index is 14.0. The lowest BCUT2D eigenvalue weighted by Gasteiger charge is -2.32. The van der Waals surface area contributed by atoms with Gasteiger partial charge in [-0.3, -0.25) is 9.69 Å². The van der Waals surface area contributed by atoms with Crippen molar-refractivity contribution in [3.8, 4) is 17.2 Å². The highest BCUT2D eigenvalue weighted by molar-refractivity contribution is 5.98. The van der Waals surface area contributed by atoms with E-state index in [9.17, 15) is 14.3 Å². The molecule has 5 nitrogen and oxygen atoms in total. The van der Waals surface area contributed by atoms with Crippen LogP contribution in [0, 0.1) is 11.7 Å². The van der Waals surface area contributed by atoms with Crippen molar-refractivity contribution < 1.29 is 23.8 Å². The standard InChI is InChI=1S/C22H26FNO4/c1-3-28-21-11-15(6-8-19(21)25)13-24-10-4-5-17(14-24)22(26)16-7-9-20(27-2)18(23)12-16/h6-9,11-12,17,25H,3-5,10,13-14H2,1-2H3/t17-/m0/s1. The number of piperidine rings is 1. The van der Waals surface area contributed by atoms with Crippen LogP contribution in [0.3, 0.4) is 0 Å². The highest BCUT2D eigenvalue weighted by Gasteiger charge is 2.27. The first-order chi connectivity index (χ1) is 13.5. The molecule has 1 N–H and O–H groups in total. The van der Waals surface area contributed by atoms with Crippen molar-refractivity contribution in [3.05, 3.63) is 53.3 Å². The molecule has 1 heterocycles. The minimum absolute atomic E-state index is 0.0352. The minimum Gasteiger partial charge on any atom is -0.504 e.